The van der Waals surface area contributed by atoms with Gasteiger partial charge in [-0.1, -0.05) is 35.5 Å². The molecular formula is C20H24N4O2. The van der Waals surface area contributed by atoms with Gasteiger partial charge in [0.25, 0.3) is 0 Å². The monoisotopic (exact) mass is 352 g/mol. The number of benzene rings is 1. The van der Waals surface area contributed by atoms with E-state index in [0.29, 0.717) is 5.76 Å². The molecule has 0 saturated heterocycles. The number of hydrogen-bond acceptors (Lipinski definition) is 4. The number of aryl methyl sites for hydroxylation is 4. The van der Waals surface area contributed by atoms with Gasteiger partial charge < -0.3 is 14.4 Å². The van der Waals surface area contributed by atoms with Crippen LogP contribution in [0, 0.1) is 20.8 Å². The summed E-state index contributed by atoms with van der Waals surface area (Å²) in [4.78, 5) is 16.9. The number of nitrogens with zero attached hydrogens (tertiary/aromatic N) is 3. The second-order valence-corrected chi connectivity index (χ2v) is 6.47. The van der Waals surface area contributed by atoms with E-state index < -0.39 is 0 Å². The van der Waals surface area contributed by atoms with E-state index in [-0.39, 0.29) is 18.4 Å². The van der Waals surface area contributed by atoms with Gasteiger partial charge in [0.1, 0.15) is 11.6 Å². The van der Waals surface area contributed by atoms with Gasteiger partial charge in [0.2, 0.25) is 5.91 Å². The first-order chi connectivity index (χ1) is 12.5. The molecule has 0 aliphatic carbocycles. The van der Waals surface area contributed by atoms with E-state index in [0.717, 1.165) is 35.6 Å². The van der Waals surface area contributed by atoms with Crippen molar-refractivity contribution in [3.05, 3.63) is 71.1 Å². The summed E-state index contributed by atoms with van der Waals surface area (Å²) < 4.78 is 7.25. The summed E-state index contributed by atoms with van der Waals surface area (Å²) in [7, 11) is 0. The molecule has 0 radical (unpaired) electrons. The number of hydrogen-bond donors (Lipinski definition) is 1. The number of amides is 1. The van der Waals surface area contributed by atoms with Crippen molar-refractivity contribution in [1.29, 1.82) is 0 Å². The van der Waals surface area contributed by atoms with Crippen LogP contribution in [0.15, 0.2) is 47.2 Å². The standard InChI is InChI=1S/C20H24N4O2/c1-14-18(15(2)26-23-14)13-20(25)22-19(17-7-5-4-6-8-17)9-11-24-12-10-21-16(24)3/h4-8,10,12,19H,9,11,13H2,1-3H3,(H,22,25)/t19-/m1/s1. The molecule has 0 aliphatic rings. The maximum absolute atomic E-state index is 12.6. The zero-order chi connectivity index (χ0) is 18.5. The highest BCUT2D eigenvalue weighted by atomic mass is 16.5. The molecule has 0 spiro atoms. The summed E-state index contributed by atoms with van der Waals surface area (Å²) in [5.41, 5.74) is 2.72. The first kappa shape index (κ1) is 17.9. The van der Waals surface area contributed by atoms with Crippen LogP contribution in [-0.2, 0) is 17.8 Å². The van der Waals surface area contributed by atoms with Crippen molar-refractivity contribution < 1.29 is 9.32 Å². The topological polar surface area (TPSA) is 73.0 Å². The van der Waals surface area contributed by atoms with Crippen LogP contribution in [0.25, 0.3) is 0 Å². The Balaban J connectivity index is 1.71. The predicted octanol–water partition coefficient (Wildman–Crippen LogP) is 3.29. The molecule has 3 aromatic rings. The molecule has 0 fully saturated rings. The number of imidazole rings is 1. The summed E-state index contributed by atoms with van der Waals surface area (Å²) in [5, 5.41) is 7.09. The Labute approximate surface area is 153 Å². The van der Waals surface area contributed by atoms with Crippen LogP contribution in [0.4, 0.5) is 0 Å². The Morgan fingerprint density at radius 3 is 2.62 bits per heavy atom. The molecular weight excluding hydrogens is 328 g/mol. The van der Waals surface area contributed by atoms with Crippen LogP contribution in [0.3, 0.4) is 0 Å². The average Bonchev–Trinajstić information content (AvgIpc) is 3.19. The molecule has 6 nitrogen and oxygen atoms in total. The maximum atomic E-state index is 12.6. The molecule has 1 aromatic carbocycles. The first-order valence-corrected chi connectivity index (χ1v) is 8.78. The summed E-state index contributed by atoms with van der Waals surface area (Å²) in [6.07, 6.45) is 4.81. The van der Waals surface area contributed by atoms with Gasteiger partial charge in [-0.25, -0.2) is 4.98 Å². The van der Waals surface area contributed by atoms with Crippen molar-refractivity contribution in [1.82, 2.24) is 20.0 Å². The van der Waals surface area contributed by atoms with Crippen molar-refractivity contribution in [2.24, 2.45) is 0 Å². The Hall–Kier alpha value is -2.89. The fourth-order valence-corrected chi connectivity index (χ4v) is 3.08. The van der Waals surface area contributed by atoms with Gasteiger partial charge in [-0.3, -0.25) is 4.79 Å². The summed E-state index contributed by atoms with van der Waals surface area (Å²) in [5.74, 6) is 1.64. The van der Waals surface area contributed by atoms with E-state index in [4.69, 9.17) is 4.52 Å². The largest absolute Gasteiger partial charge is 0.361 e. The quantitative estimate of drug-likeness (QED) is 0.708. The minimum Gasteiger partial charge on any atom is -0.361 e. The third-order valence-electron chi connectivity index (χ3n) is 4.64. The Morgan fingerprint density at radius 2 is 2.00 bits per heavy atom. The van der Waals surface area contributed by atoms with Gasteiger partial charge in [0.05, 0.1) is 18.2 Å². The van der Waals surface area contributed by atoms with E-state index in [2.05, 4.69) is 20.0 Å². The molecule has 3 rings (SSSR count). The van der Waals surface area contributed by atoms with E-state index in [1.54, 1.807) is 6.20 Å². The normalized spacial score (nSPS) is 12.1. The van der Waals surface area contributed by atoms with E-state index in [9.17, 15) is 4.79 Å². The number of carbonyl (C=O) groups excluding carboxylic acids is 1. The van der Waals surface area contributed by atoms with Crippen LogP contribution in [-0.4, -0.2) is 20.6 Å². The van der Waals surface area contributed by atoms with Gasteiger partial charge in [-0.05, 0) is 32.8 Å². The summed E-state index contributed by atoms with van der Waals surface area (Å²) in [6.45, 7) is 6.46. The van der Waals surface area contributed by atoms with Crippen LogP contribution in [0.1, 0.15) is 40.9 Å². The zero-order valence-corrected chi connectivity index (χ0v) is 15.4. The van der Waals surface area contributed by atoms with Crippen molar-refractivity contribution in [3.63, 3.8) is 0 Å². The maximum Gasteiger partial charge on any atom is 0.225 e. The van der Waals surface area contributed by atoms with Crippen molar-refractivity contribution in [2.75, 3.05) is 0 Å². The lowest BCUT2D eigenvalue weighted by Crippen LogP contribution is -2.31. The highest BCUT2D eigenvalue weighted by molar-refractivity contribution is 5.79. The van der Waals surface area contributed by atoms with Crippen molar-refractivity contribution in [2.45, 2.75) is 46.2 Å². The van der Waals surface area contributed by atoms with Gasteiger partial charge in [0, 0.05) is 24.5 Å². The third-order valence-corrected chi connectivity index (χ3v) is 4.64. The van der Waals surface area contributed by atoms with E-state index in [1.807, 2.05) is 57.3 Å². The zero-order valence-electron chi connectivity index (χ0n) is 15.4. The average molecular weight is 352 g/mol. The Morgan fingerprint density at radius 1 is 1.23 bits per heavy atom. The SMILES string of the molecule is Cc1noc(C)c1CC(=O)N[C@H](CCn1ccnc1C)c1ccccc1. The molecule has 6 heteroatoms. The molecule has 0 aliphatic heterocycles. The van der Waals surface area contributed by atoms with Gasteiger partial charge in [0.15, 0.2) is 0 Å². The van der Waals surface area contributed by atoms with Gasteiger partial charge >= 0.3 is 0 Å². The highest BCUT2D eigenvalue weighted by Crippen LogP contribution is 2.19. The first-order valence-electron chi connectivity index (χ1n) is 8.78. The molecule has 1 N–H and O–H groups in total. The lowest BCUT2D eigenvalue weighted by molar-refractivity contribution is -0.121. The molecule has 0 saturated carbocycles. The molecule has 1 amide bonds. The molecule has 0 unspecified atom stereocenters. The van der Waals surface area contributed by atoms with Gasteiger partial charge in [-0.15, -0.1) is 0 Å². The fraction of sp³-hybridized carbons (Fsp3) is 0.350. The van der Waals surface area contributed by atoms with Crippen LogP contribution in [0.5, 0.6) is 0 Å². The minimum atomic E-state index is -0.0639. The number of carbonyl (C=O) groups is 1. The Bertz CT molecular complexity index is 848. The third kappa shape index (κ3) is 4.20. The van der Waals surface area contributed by atoms with E-state index in [1.165, 1.54) is 0 Å². The van der Waals surface area contributed by atoms with Gasteiger partial charge in [-0.2, -0.15) is 0 Å². The second kappa shape index (κ2) is 7.99. The molecule has 1 atom stereocenters. The molecule has 2 aromatic heterocycles. The second-order valence-electron chi connectivity index (χ2n) is 6.47. The van der Waals surface area contributed by atoms with Crippen LogP contribution in [0.2, 0.25) is 0 Å². The van der Waals surface area contributed by atoms with Crippen LogP contribution < -0.4 is 5.32 Å². The van der Waals surface area contributed by atoms with E-state index >= 15 is 0 Å². The predicted molar refractivity (Wildman–Crippen MR) is 98.6 cm³/mol. The molecule has 136 valence electrons. The molecule has 2 heterocycles. The smallest absolute Gasteiger partial charge is 0.225 e. The lowest BCUT2D eigenvalue weighted by atomic mass is 10.0. The number of nitrogens with one attached hydrogen (secondary N) is 1. The van der Waals surface area contributed by atoms with Crippen molar-refractivity contribution in [3.8, 4) is 0 Å². The highest BCUT2D eigenvalue weighted by Gasteiger charge is 2.18. The lowest BCUT2D eigenvalue weighted by Gasteiger charge is -2.20. The van der Waals surface area contributed by atoms with Crippen LogP contribution >= 0.6 is 0 Å². The van der Waals surface area contributed by atoms with Crippen molar-refractivity contribution >= 4 is 5.91 Å². The number of aromatic nitrogens is 3. The summed E-state index contributed by atoms with van der Waals surface area (Å²) in [6, 6.07) is 9.98. The number of rotatable bonds is 7. The molecule has 0 bridgehead atoms. The Kier molecular flexibility index (Phi) is 5.51. The molecule has 26 heavy (non-hydrogen) atoms. The fourth-order valence-electron chi connectivity index (χ4n) is 3.08. The summed E-state index contributed by atoms with van der Waals surface area (Å²) >= 11 is 0. The minimum absolute atomic E-state index is 0.0318.